The largest absolute Gasteiger partial charge is 0.469 e. The first-order valence-electron chi connectivity index (χ1n) is 4.94. The molecular weight excluding hydrogens is 180 g/mol. The highest BCUT2D eigenvalue weighted by atomic mass is 16.5. The molecule has 1 atom stereocenters. The molecule has 3 heteroatoms. The van der Waals surface area contributed by atoms with Gasteiger partial charge in [-0.3, -0.25) is 9.59 Å². The number of esters is 1. The van der Waals surface area contributed by atoms with E-state index in [0.717, 1.165) is 6.42 Å². The zero-order chi connectivity index (χ0) is 11.4. The quantitative estimate of drug-likeness (QED) is 0.639. The number of Topliss-reactive ketones (excluding diaryl/α,β-unsaturated/α-hetero) is 1. The van der Waals surface area contributed by atoms with Crippen molar-refractivity contribution in [2.24, 2.45) is 11.3 Å². The van der Waals surface area contributed by atoms with Crippen LogP contribution in [0, 0.1) is 11.3 Å². The molecular formula is C11H20O3. The Kier molecular flexibility index (Phi) is 4.81. The van der Waals surface area contributed by atoms with E-state index in [0.29, 0.717) is 6.42 Å². The van der Waals surface area contributed by atoms with Crippen LogP contribution in [0.5, 0.6) is 0 Å². The zero-order valence-electron chi connectivity index (χ0n) is 9.72. The lowest BCUT2D eigenvalue weighted by atomic mass is 9.80. The van der Waals surface area contributed by atoms with Gasteiger partial charge < -0.3 is 4.74 Å². The molecule has 0 bridgehead atoms. The first kappa shape index (κ1) is 13.1. The standard InChI is InChI=1S/C11H20O3/c1-6-9(8(2)12)7-11(3,4)10(13)14-5/h9H,6-7H2,1-5H3. The van der Waals surface area contributed by atoms with E-state index in [9.17, 15) is 9.59 Å². The number of hydrogen-bond acceptors (Lipinski definition) is 3. The van der Waals surface area contributed by atoms with Crippen molar-refractivity contribution in [2.45, 2.75) is 40.5 Å². The molecule has 0 spiro atoms. The Balaban J connectivity index is 4.47. The molecule has 0 saturated carbocycles. The number of ether oxygens (including phenoxy) is 1. The third kappa shape index (κ3) is 3.48. The fourth-order valence-electron chi connectivity index (χ4n) is 1.55. The molecule has 0 aliphatic rings. The molecule has 1 unspecified atom stereocenters. The summed E-state index contributed by atoms with van der Waals surface area (Å²) in [5.41, 5.74) is -0.568. The van der Waals surface area contributed by atoms with Crippen molar-refractivity contribution in [3.8, 4) is 0 Å². The van der Waals surface area contributed by atoms with Crippen LogP contribution >= 0.6 is 0 Å². The highest BCUT2D eigenvalue weighted by Crippen LogP contribution is 2.28. The van der Waals surface area contributed by atoms with E-state index in [1.54, 1.807) is 6.92 Å². The Morgan fingerprint density at radius 3 is 2.14 bits per heavy atom. The molecule has 0 aromatic rings. The molecule has 0 aliphatic heterocycles. The van der Waals surface area contributed by atoms with E-state index in [1.807, 2.05) is 20.8 Å². The first-order chi connectivity index (χ1) is 6.35. The van der Waals surface area contributed by atoms with E-state index in [1.165, 1.54) is 7.11 Å². The summed E-state index contributed by atoms with van der Waals surface area (Å²) in [7, 11) is 1.37. The van der Waals surface area contributed by atoms with Gasteiger partial charge in [-0.1, -0.05) is 6.92 Å². The molecule has 14 heavy (non-hydrogen) atoms. The number of rotatable bonds is 5. The summed E-state index contributed by atoms with van der Waals surface area (Å²) in [6, 6.07) is 0. The van der Waals surface area contributed by atoms with Crippen molar-refractivity contribution < 1.29 is 14.3 Å². The van der Waals surface area contributed by atoms with Crippen molar-refractivity contribution in [3.63, 3.8) is 0 Å². The summed E-state index contributed by atoms with van der Waals surface area (Å²) in [6.45, 7) is 7.15. The predicted octanol–water partition coefficient (Wildman–Crippen LogP) is 2.19. The lowest BCUT2D eigenvalue weighted by Gasteiger charge is -2.25. The minimum atomic E-state index is -0.568. The maximum atomic E-state index is 11.4. The van der Waals surface area contributed by atoms with Crippen LogP contribution in [0.3, 0.4) is 0 Å². The van der Waals surface area contributed by atoms with Crippen LogP contribution in [0.25, 0.3) is 0 Å². The topological polar surface area (TPSA) is 43.4 Å². The van der Waals surface area contributed by atoms with Crippen LogP contribution in [0.15, 0.2) is 0 Å². The summed E-state index contributed by atoms with van der Waals surface area (Å²) in [5.74, 6) is -0.147. The van der Waals surface area contributed by atoms with Crippen LogP contribution in [0.1, 0.15) is 40.5 Å². The lowest BCUT2D eigenvalue weighted by Crippen LogP contribution is -2.30. The molecule has 0 rings (SSSR count). The summed E-state index contributed by atoms with van der Waals surface area (Å²) >= 11 is 0. The number of carbonyl (C=O) groups is 2. The summed E-state index contributed by atoms with van der Waals surface area (Å²) in [6.07, 6.45) is 1.33. The van der Waals surface area contributed by atoms with Gasteiger partial charge in [0.15, 0.2) is 0 Å². The number of hydrogen-bond donors (Lipinski definition) is 0. The molecule has 0 radical (unpaired) electrons. The molecule has 0 amide bonds. The minimum absolute atomic E-state index is 0.0379. The molecule has 0 aromatic carbocycles. The number of methoxy groups -OCH3 is 1. The van der Waals surface area contributed by atoms with Gasteiger partial charge in [0, 0.05) is 5.92 Å². The summed E-state index contributed by atoms with van der Waals surface area (Å²) < 4.78 is 4.69. The summed E-state index contributed by atoms with van der Waals surface area (Å²) in [4.78, 5) is 22.6. The second kappa shape index (κ2) is 5.13. The maximum Gasteiger partial charge on any atom is 0.311 e. The average molecular weight is 200 g/mol. The van der Waals surface area contributed by atoms with Crippen LogP contribution in [0.2, 0.25) is 0 Å². The van der Waals surface area contributed by atoms with Crippen molar-refractivity contribution in [1.29, 1.82) is 0 Å². The van der Waals surface area contributed by atoms with Crippen molar-refractivity contribution >= 4 is 11.8 Å². The van der Waals surface area contributed by atoms with Gasteiger partial charge in [-0.15, -0.1) is 0 Å². The fourth-order valence-corrected chi connectivity index (χ4v) is 1.55. The lowest BCUT2D eigenvalue weighted by molar-refractivity contribution is -0.152. The highest BCUT2D eigenvalue weighted by molar-refractivity contribution is 5.80. The average Bonchev–Trinajstić information content (AvgIpc) is 2.12. The molecule has 82 valence electrons. The van der Waals surface area contributed by atoms with Crippen molar-refractivity contribution in [3.05, 3.63) is 0 Å². The summed E-state index contributed by atoms with van der Waals surface area (Å²) in [5, 5.41) is 0. The Labute approximate surface area is 85.8 Å². The highest BCUT2D eigenvalue weighted by Gasteiger charge is 2.32. The van der Waals surface area contributed by atoms with Gasteiger partial charge in [-0.2, -0.15) is 0 Å². The van der Waals surface area contributed by atoms with Gasteiger partial charge in [0.1, 0.15) is 5.78 Å². The Hall–Kier alpha value is -0.860. The third-order valence-corrected chi connectivity index (χ3v) is 2.56. The second-order valence-corrected chi connectivity index (χ2v) is 4.30. The van der Waals surface area contributed by atoms with E-state index in [-0.39, 0.29) is 17.7 Å². The van der Waals surface area contributed by atoms with Crippen LogP contribution in [-0.2, 0) is 14.3 Å². The van der Waals surface area contributed by atoms with Crippen LogP contribution in [0.4, 0.5) is 0 Å². The van der Waals surface area contributed by atoms with E-state index in [4.69, 9.17) is 0 Å². The van der Waals surface area contributed by atoms with Gasteiger partial charge in [-0.05, 0) is 33.6 Å². The molecule has 0 saturated heterocycles. The van der Waals surface area contributed by atoms with Crippen LogP contribution < -0.4 is 0 Å². The Morgan fingerprint density at radius 1 is 1.36 bits per heavy atom. The van der Waals surface area contributed by atoms with Gasteiger partial charge in [0.2, 0.25) is 0 Å². The molecule has 0 N–H and O–H groups in total. The zero-order valence-corrected chi connectivity index (χ0v) is 9.72. The first-order valence-corrected chi connectivity index (χ1v) is 4.94. The van der Waals surface area contributed by atoms with E-state index < -0.39 is 5.41 Å². The van der Waals surface area contributed by atoms with Crippen molar-refractivity contribution in [2.75, 3.05) is 7.11 Å². The smallest absolute Gasteiger partial charge is 0.311 e. The molecule has 0 fully saturated rings. The third-order valence-electron chi connectivity index (χ3n) is 2.56. The number of carbonyl (C=O) groups excluding carboxylic acids is 2. The normalized spacial score (nSPS) is 13.5. The molecule has 0 aliphatic carbocycles. The molecule has 3 nitrogen and oxygen atoms in total. The minimum Gasteiger partial charge on any atom is -0.469 e. The van der Waals surface area contributed by atoms with Crippen LogP contribution in [-0.4, -0.2) is 18.9 Å². The molecule has 0 aromatic heterocycles. The van der Waals surface area contributed by atoms with Gasteiger partial charge in [-0.25, -0.2) is 0 Å². The fraction of sp³-hybridized carbons (Fsp3) is 0.818. The van der Waals surface area contributed by atoms with E-state index >= 15 is 0 Å². The maximum absolute atomic E-state index is 11.4. The SMILES string of the molecule is CCC(CC(C)(C)C(=O)OC)C(C)=O. The predicted molar refractivity (Wildman–Crippen MR) is 54.9 cm³/mol. The molecule has 0 heterocycles. The van der Waals surface area contributed by atoms with Gasteiger partial charge >= 0.3 is 5.97 Å². The van der Waals surface area contributed by atoms with E-state index in [2.05, 4.69) is 4.74 Å². The van der Waals surface area contributed by atoms with Gasteiger partial charge in [0.05, 0.1) is 12.5 Å². The Bertz CT molecular complexity index is 219. The second-order valence-electron chi connectivity index (χ2n) is 4.30. The van der Waals surface area contributed by atoms with Crippen molar-refractivity contribution in [1.82, 2.24) is 0 Å². The Morgan fingerprint density at radius 2 is 1.86 bits per heavy atom. The monoisotopic (exact) mass is 200 g/mol. The number of ketones is 1. The van der Waals surface area contributed by atoms with Gasteiger partial charge in [0.25, 0.3) is 0 Å².